The van der Waals surface area contributed by atoms with Gasteiger partial charge in [-0.3, -0.25) is 0 Å². The van der Waals surface area contributed by atoms with E-state index in [1.54, 1.807) is 97.1 Å². The Morgan fingerprint density at radius 2 is 0.606 bits per heavy atom. The van der Waals surface area contributed by atoms with Gasteiger partial charge < -0.3 is 18.1 Å². The maximum atomic E-state index is 16.4. The summed E-state index contributed by atoms with van der Waals surface area (Å²) in [6, 6.07) is 74.7. The molecule has 0 fully saturated rings. The lowest BCUT2D eigenvalue weighted by Gasteiger charge is -2.42. The molecule has 8 rings (SSSR count). The van der Waals surface area contributed by atoms with E-state index in [1.165, 1.54) is 0 Å². The van der Waals surface area contributed by atoms with Crippen molar-refractivity contribution in [3.8, 4) is 23.0 Å². The molecule has 8 aromatic rings. The molecule has 12 heteroatoms. The minimum atomic E-state index is -4.67. The number of benzene rings is 8. The van der Waals surface area contributed by atoms with Crippen LogP contribution in [0.4, 0.5) is 0 Å². The molecule has 8 aromatic carbocycles. The molecule has 0 aliphatic carbocycles. The molecule has 0 radical (unpaired) electrons. The van der Waals surface area contributed by atoms with Crippen LogP contribution in [0.1, 0.15) is 6.92 Å². The van der Waals surface area contributed by atoms with E-state index in [1.807, 2.05) is 165 Å². The molecular weight excluding hydrogens is 896 g/mol. The van der Waals surface area contributed by atoms with Gasteiger partial charge >= 0.3 is 15.5 Å². The first-order valence-corrected chi connectivity index (χ1v) is 27.8. The molecule has 0 amide bonds. The smallest absolute Gasteiger partial charge is 0.399 e. The third-order valence-electron chi connectivity index (χ3n) is 10.3. The average Bonchev–Trinajstić information content (AvgIpc) is 3.35. The zero-order chi connectivity index (χ0) is 45.7. The Bertz CT molecular complexity index is 2700. The van der Waals surface area contributed by atoms with Crippen molar-refractivity contribution >= 4 is 50.8 Å². The van der Waals surface area contributed by atoms with Crippen molar-refractivity contribution in [3.63, 3.8) is 0 Å². The van der Waals surface area contributed by atoms with Crippen LogP contribution in [-0.2, 0) is 9.13 Å². The molecule has 0 bridgehead atoms. The lowest BCUT2D eigenvalue weighted by Crippen LogP contribution is -2.32. The second kappa shape index (κ2) is 21.1. The van der Waals surface area contributed by atoms with Gasteiger partial charge in [0.2, 0.25) is 0 Å². The van der Waals surface area contributed by atoms with Gasteiger partial charge in [-0.25, -0.2) is 9.13 Å². The van der Waals surface area contributed by atoms with Crippen LogP contribution in [0.2, 0.25) is 0 Å². The van der Waals surface area contributed by atoms with Crippen LogP contribution < -0.4 is 39.3 Å². The fourth-order valence-corrected chi connectivity index (χ4v) is 24.3. The Balaban J connectivity index is 1.61. The van der Waals surface area contributed by atoms with Gasteiger partial charge in [-0.05, 0) is 76.7 Å². The van der Waals surface area contributed by atoms with Crippen LogP contribution in [-0.4, -0.2) is 5.40 Å². The summed E-state index contributed by atoms with van der Waals surface area (Å²) in [4.78, 5) is 0. The summed E-state index contributed by atoms with van der Waals surface area (Å²) in [5.41, 5.74) is 0.729. The number of allylic oxidation sites excluding steroid dienone is 3. The van der Waals surface area contributed by atoms with E-state index < -0.39 is 35.0 Å². The minimum Gasteiger partial charge on any atom is -0.399 e. The standard InChI is InChI=1S/C54H48N2O6P4/c1-45(2)43-44-54(63(50-35-19-7-20-36-50,51-37-21-8-22-38-51)55-65(57,59-46-27-11-3-12-28-46)60-47-29-13-4-14-30-47)64(52-39-23-9-24-40-52,53-41-25-10-26-42-53)56-66(58,61-48-31-15-5-16-32-48)62-49-33-17-6-18-34-49/h3-44,54H,1H2,2H3/b44-43+. The second-order valence-corrected chi connectivity index (χ2v) is 25.4. The topological polar surface area (TPSA) is 95.8 Å². The third-order valence-corrected chi connectivity index (χ3v) is 24.3. The number of para-hydroxylation sites is 4. The third kappa shape index (κ3) is 10.7. The maximum Gasteiger partial charge on any atom is 0.562 e. The van der Waals surface area contributed by atoms with E-state index in [4.69, 9.17) is 27.1 Å². The average molecular weight is 945 g/mol. The SMILES string of the molecule is C=C(C)/C=C/C(P(=NP(=O)(Oc1ccccc1)Oc1ccccc1)(c1ccccc1)c1ccccc1)P(=NP(=O)(Oc1ccccc1)Oc1ccccc1)(c1ccccc1)c1ccccc1. The Morgan fingerprint density at radius 3 is 0.818 bits per heavy atom. The van der Waals surface area contributed by atoms with Gasteiger partial charge in [-0.1, -0.05) is 218 Å². The molecule has 0 saturated carbocycles. The highest BCUT2D eigenvalue weighted by Gasteiger charge is 2.50. The van der Waals surface area contributed by atoms with Gasteiger partial charge in [0.05, 0.1) is 19.5 Å². The lowest BCUT2D eigenvalue weighted by atomic mass is 10.3. The van der Waals surface area contributed by atoms with E-state index in [0.29, 0.717) is 23.0 Å². The highest BCUT2D eigenvalue weighted by molar-refractivity contribution is 7.99. The molecule has 0 aliphatic heterocycles. The largest absolute Gasteiger partial charge is 0.562 e. The predicted molar refractivity (Wildman–Crippen MR) is 274 cm³/mol. The summed E-state index contributed by atoms with van der Waals surface area (Å²) in [6.45, 7) is 6.23. The van der Waals surface area contributed by atoms with E-state index >= 15 is 9.13 Å². The van der Waals surface area contributed by atoms with Gasteiger partial charge in [0, 0.05) is 0 Å². The Labute approximate surface area is 387 Å². The molecule has 0 saturated heterocycles. The summed E-state index contributed by atoms with van der Waals surface area (Å²) in [7, 11) is -16.9. The second-order valence-electron chi connectivity index (χ2n) is 15.1. The number of rotatable bonds is 18. The molecule has 66 heavy (non-hydrogen) atoms. The molecule has 8 nitrogen and oxygen atoms in total. The monoisotopic (exact) mass is 944 g/mol. The zero-order valence-corrected chi connectivity index (χ0v) is 39.7. The van der Waals surface area contributed by atoms with Gasteiger partial charge in [0.1, 0.15) is 23.0 Å². The summed E-state index contributed by atoms with van der Waals surface area (Å²) < 4.78 is 70.5. The van der Waals surface area contributed by atoms with Crippen molar-refractivity contribution in [2.24, 2.45) is 9.03 Å². The molecule has 330 valence electrons. The van der Waals surface area contributed by atoms with Gasteiger partial charge in [0.25, 0.3) is 0 Å². The molecule has 0 atom stereocenters. The molecule has 0 spiro atoms. The first-order valence-electron chi connectivity index (χ1n) is 21.2. The fraction of sp³-hybridized carbons (Fsp3) is 0.0370. The zero-order valence-electron chi connectivity index (χ0n) is 36.2. The Kier molecular flexibility index (Phi) is 14.7. The fourth-order valence-electron chi connectivity index (χ4n) is 7.50. The Morgan fingerprint density at radius 1 is 0.394 bits per heavy atom. The number of hydrogen-bond acceptors (Lipinski definition) is 6. The predicted octanol–water partition coefficient (Wildman–Crippen LogP) is 14.7. The highest BCUT2D eigenvalue weighted by Crippen LogP contribution is 2.76. The van der Waals surface area contributed by atoms with Crippen LogP contribution in [0, 0.1) is 0 Å². The molecule has 0 N–H and O–H groups in total. The lowest BCUT2D eigenvalue weighted by molar-refractivity contribution is 0.387. The molecule has 0 heterocycles. The van der Waals surface area contributed by atoms with Gasteiger partial charge in [0.15, 0.2) is 0 Å². The van der Waals surface area contributed by atoms with Crippen molar-refractivity contribution in [2.75, 3.05) is 0 Å². The summed E-state index contributed by atoms with van der Waals surface area (Å²) >= 11 is 0. The van der Waals surface area contributed by atoms with Crippen molar-refractivity contribution < 1.29 is 27.2 Å². The van der Waals surface area contributed by atoms with Crippen LogP contribution in [0.15, 0.2) is 276 Å². The normalized spacial score (nSPS) is 12.0. The van der Waals surface area contributed by atoms with E-state index in [9.17, 15) is 0 Å². The van der Waals surface area contributed by atoms with Crippen LogP contribution in [0.5, 0.6) is 23.0 Å². The van der Waals surface area contributed by atoms with Crippen LogP contribution >= 0.6 is 29.6 Å². The minimum absolute atomic E-state index is 0.294. The molecule has 0 aromatic heterocycles. The van der Waals surface area contributed by atoms with E-state index in [-0.39, 0.29) is 0 Å². The van der Waals surface area contributed by atoms with Crippen molar-refractivity contribution in [1.29, 1.82) is 0 Å². The summed E-state index contributed by atoms with van der Waals surface area (Å²) in [5, 5.41) is 2.03. The number of nitrogens with zero attached hydrogens (tertiary/aromatic N) is 2. The number of hydrogen-bond donors (Lipinski definition) is 0. The molecular formula is C54H48N2O6P4. The first-order chi connectivity index (χ1) is 32.2. The maximum absolute atomic E-state index is 16.4. The highest BCUT2D eigenvalue weighted by atomic mass is 31.3. The molecule has 0 aliphatic rings. The Hall–Kier alpha value is -6.64. The van der Waals surface area contributed by atoms with Crippen molar-refractivity contribution in [2.45, 2.75) is 12.3 Å². The van der Waals surface area contributed by atoms with E-state index in [0.717, 1.165) is 26.8 Å². The summed E-state index contributed by atoms with van der Waals surface area (Å²) in [6.07, 6.45) is 3.97. The van der Waals surface area contributed by atoms with Gasteiger partial charge in [-0.15, -0.1) is 0 Å². The van der Waals surface area contributed by atoms with Crippen molar-refractivity contribution in [3.05, 3.63) is 267 Å². The first kappa shape index (κ1) is 45.9. The van der Waals surface area contributed by atoms with Gasteiger partial charge in [-0.2, -0.15) is 9.03 Å². The summed E-state index contributed by atoms with van der Waals surface area (Å²) in [5.74, 6) is 1.18. The quantitative estimate of drug-likeness (QED) is 0.0628. The van der Waals surface area contributed by atoms with Crippen LogP contribution in [0.25, 0.3) is 0 Å². The van der Waals surface area contributed by atoms with Crippen LogP contribution in [0.3, 0.4) is 0 Å². The van der Waals surface area contributed by atoms with E-state index in [2.05, 4.69) is 6.58 Å². The van der Waals surface area contributed by atoms with Crippen molar-refractivity contribution in [1.82, 2.24) is 0 Å². The molecule has 0 unspecified atom stereocenters.